The van der Waals surface area contributed by atoms with E-state index in [1.807, 2.05) is 43.3 Å². The van der Waals surface area contributed by atoms with Crippen LogP contribution in [0, 0.1) is 0 Å². The van der Waals surface area contributed by atoms with Crippen molar-refractivity contribution in [2.24, 2.45) is 0 Å². The summed E-state index contributed by atoms with van der Waals surface area (Å²) >= 11 is 0. The molecule has 0 amide bonds. The van der Waals surface area contributed by atoms with Crippen molar-refractivity contribution in [1.82, 2.24) is 0 Å². The van der Waals surface area contributed by atoms with Crippen molar-refractivity contribution in [1.29, 1.82) is 0 Å². The van der Waals surface area contributed by atoms with Crippen molar-refractivity contribution in [3.05, 3.63) is 59.7 Å². The van der Waals surface area contributed by atoms with Crippen molar-refractivity contribution >= 4 is 0 Å². The van der Waals surface area contributed by atoms with E-state index in [9.17, 15) is 5.11 Å². The van der Waals surface area contributed by atoms with Crippen LogP contribution in [0.2, 0.25) is 0 Å². The number of benzene rings is 2. The average Bonchev–Trinajstić information content (AvgIpc) is 2.47. The van der Waals surface area contributed by atoms with Gasteiger partial charge in [0.2, 0.25) is 0 Å². The molecule has 2 nitrogen and oxygen atoms in total. The van der Waals surface area contributed by atoms with Crippen molar-refractivity contribution in [2.75, 3.05) is 0 Å². The lowest BCUT2D eigenvalue weighted by molar-refractivity contribution is 0.170. The summed E-state index contributed by atoms with van der Waals surface area (Å²) in [5, 5.41) is 10.1. The van der Waals surface area contributed by atoms with Gasteiger partial charge in [-0.25, -0.2) is 0 Å². The molecular weight excluding hydrogens is 248 g/mol. The zero-order valence-electron chi connectivity index (χ0n) is 12.3. The van der Waals surface area contributed by atoms with Crippen LogP contribution in [0.15, 0.2) is 48.5 Å². The minimum Gasteiger partial charge on any atom is -0.457 e. The first kappa shape index (κ1) is 14.6. The molecule has 0 bridgehead atoms. The first-order chi connectivity index (χ1) is 9.61. The highest BCUT2D eigenvalue weighted by Gasteiger charge is 2.12. The van der Waals surface area contributed by atoms with E-state index >= 15 is 0 Å². The van der Waals surface area contributed by atoms with Gasteiger partial charge >= 0.3 is 0 Å². The van der Waals surface area contributed by atoms with Gasteiger partial charge in [-0.1, -0.05) is 51.1 Å². The maximum Gasteiger partial charge on any atom is 0.133 e. The van der Waals surface area contributed by atoms with Crippen LogP contribution in [-0.4, -0.2) is 5.11 Å². The van der Waals surface area contributed by atoms with Gasteiger partial charge in [-0.2, -0.15) is 0 Å². The van der Waals surface area contributed by atoms with E-state index < -0.39 is 6.10 Å². The summed E-state index contributed by atoms with van der Waals surface area (Å²) in [5.41, 5.74) is 2.08. The SMILES string of the molecule is CC[C@H](O)c1ccccc1Oc1cccc(C(C)C)c1. The van der Waals surface area contributed by atoms with E-state index in [0.29, 0.717) is 12.3 Å². The van der Waals surface area contributed by atoms with Crippen LogP contribution in [0.4, 0.5) is 0 Å². The van der Waals surface area contributed by atoms with Gasteiger partial charge in [-0.15, -0.1) is 0 Å². The third-order valence-electron chi connectivity index (χ3n) is 3.42. The Bertz CT molecular complexity index is 561. The second kappa shape index (κ2) is 6.58. The molecule has 0 aliphatic carbocycles. The molecule has 1 N–H and O–H groups in total. The molecule has 0 aliphatic heterocycles. The maximum atomic E-state index is 10.1. The smallest absolute Gasteiger partial charge is 0.133 e. The fourth-order valence-electron chi connectivity index (χ4n) is 2.13. The Hall–Kier alpha value is -1.80. The topological polar surface area (TPSA) is 29.5 Å². The first-order valence-corrected chi connectivity index (χ1v) is 7.16. The fourth-order valence-corrected chi connectivity index (χ4v) is 2.13. The summed E-state index contributed by atoms with van der Waals surface area (Å²) in [6.45, 7) is 6.28. The van der Waals surface area contributed by atoms with E-state index in [2.05, 4.69) is 26.0 Å². The van der Waals surface area contributed by atoms with Crippen LogP contribution in [-0.2, 0) is 0 Å². The van der Waals surface area contributed by atoms with Gasteiger partial charge in [0.05, 0.1) is 6.10 Å². The first-order valence-electron chi connectivity index (χ1n) is 7.16. The Morgan fingerprint density at radius 3 is 2.50 bits per heavy atom. The third kappa shape index (κ3) is 3.40. The number of hydrogen-bond acceptors (Lipinski definition) is 2. The molecule has 0 aromatic heterocycles. The van der Waals surface area contributed by atoms with Gasteiger partial charge in [0, 0.05) is 5.56 Å². The third-order valence-corrected chi connectivity index (χ3v) is 3.42. The van der Waals surface area contributed by atoms with Crippen LogP contribution in [0.25, 0.3) is 0 Å². The molecule has 2 heteroatoms. The predicted molar refractivity (Wildman–Crippen MR) is 82.3 cm³/mol. The normalized spacial score (nSPS) is 12.4. The Morgan fingerprint density at radius 1 is 1.05 bits per heavy atom. The zero-order valence-corrected chi connectivity index (χ0v) is 12.3. The summed E-state index contributed by atoms with van der Waals surface area (Å²) < 4.78 is 5.96. The largest absolute Gasteiger partial charge is 0.457 e. The molecular formula is C18H22O2. The summed E-state index contributed by atoms with van der Waals surface area (Å²) in [4.78, 5) is 0. The average molecular weight is 270 g/mol. The van der Waals surface area contributed by atoms with Gasteiger partial charge in [0.15, 0.2) is 0 Å². The zero-order chi connectivity index (χ0) is 14.5. The maximum absolute atomic E-state index is 10.1. The van der Waals surface area contributed by atoms with Gasteiger partial charge < -0.3 is 9.84 Å². The predicted octanol–water partition coefficient (Wildman–Crippen LogP) is 5.05. The standard InChI is InChI=1S/C18H22O2/c1-4-17(19)16-10-5-6-11-18(16)20-15-9-7-8-14(12-15)13(2)3/h5-13,17,19H,4H2,1-3H3/t17-/m0/s1. The Kier molecular flexibility index (Phi) is 4.80. The van der Waals surface area contributed by atoms with Gasteiger partial charge in [-0.05, 0) is 36.1 Å². The van der Waals surface area contributed by atoms with E-state index in [4.69, 9.17) is 4.74 Å². The molecule has 0 saturated heterocycles. The molecule has 0 saturated carbocycles. The molecule has 0 fully saturated rings. The number of rotatable bonds is 5. The van der Waals surface area contributed by atoms with Crippen molar-refractivity contribution in [2.45, 2.75) is 39.2 Å². The fraction of sp³-hybridized carbons (Fsp3) is 0.333. The highest BCUT2D eigenvalue weighted by atomic mass is 16.5. The minimum absolute atomic E-state index is 0.468. The summed E-state index contributed by atoms with van der Waals surface area (Å²) in [7, 11) is 0. The molecule has 106 valence electrons. The van der Waals surface area contributed by atoms with Gasteiger partial charge in [-0.3, -0.25) is 0 Å². The van der Waals surface area contributed by atoms with Crippen molar-refractivity contribution < 1.29 is 9.84 Å². The second-order valence-electron chi connectivity index (χ2n) is 5.29. The molecule has 0 radical (unpaired) electrons. The van der Waals surface area contributed by atoms with E-state index in [1.165, 1.54) is 5.56 Å². The van der Waals surface area contributed by atoms with Crippen LogP contribution in [0.3, 0.4) is 0 Å². The lowest BCUT2D eigenvalue weighted by atomic mass is 10.0. The lowest BCUT2D eigenvalue weighted by Gasteiger charge is -2.15. The van der Waals surface area contributed by atoms with Gasteiger partial charge in [0.1, 0.15) is 11.5 Å². The van der Waals surface area contributed by atoms with E-state index in [1.54, 1.807) is 0 Å². The number of ether oxygens (including phenoxy) is 1. The highest BCUT2D eigenvalue weighted by Crippen LogP contribution is 2.31. The Labute approximate surface area is 121 Å². The number of aliphatic hydroxyl groups excluding tert-OH is 1. The number of hydrogen-bond donors (Lipinski definition) is 1. The van der Waals surface area contributed by atoms with Gasteiger partial charge in [0.25, 0.3) is 0 Å². The molecule has 0 aliphatic rings. The summed E-state index contributed by atoms with van der Waals surface area (Å²) in [6.07, 6.45) is 0.186. The molecule has 20 heavy (non-hydrogen) atoms. The van der Waals surface area contributed by atoms with Crippen LogP contribution >= 0.6 is 0 Å². The summed E-state index contributed by atoms with van der Waals surface area (Å²) in [6, 6.07) is 15.8. The van der Waals surface area contributed by atoms with E-state index in [-0.39, 0.29) is 0 Å². The van der Waals surface area contributed by atoms with Crippen molar-refractivity contribution in [3.8, 4) is 11.5 Å². The Morgan fingerprint density at radius 2 is 1.80 bits per heavy atom. The lowest BCUT2D eigenvalue weighted by Crippen LogP contribution is -1.99. The van der Waals surface area contributed by atoms with E-state index in [0.717, 1.165) is 17.1 Å². The van der Waals surface area contributed by atoms with Crippen LogP contribution in [0.1, 0.15) is 50.3 Å². The van der Waals surface area contributed by atoms with Crippen LogP contribution in [0.5, 0.6) is 11.5 Å². The minimum atomic E-state index is -0.487. The molecule has 0 heterocycles. The molecule has 2 aromatic rings. The molecule has 2 rings (SSSR count). The molecule has 1 atom stereocenters. The quantitative estimate of drug-likeness (QED) is 0.824. The number of aliphatic hydroxyl groups is 1. The number of para-hydroxylation sites is 1. The van der Waals surface area contributed by atoms with Crippen LogP contribution < -0.4 is 4.74 Å². The summed E-state index contributed by atoms with van der Waals surface area (Å²) in [5.74, 6) is 2.00. The molecule has 0 spiro atoms. The molecule has 0 unspecified atom stereocenters. The van der Waals surface area contributed by atoms with Crippen molar-refractivity contribution in [3.63, 3.8) is 0 Å². The second-order valence-corrected chi connectivity index (χ2v) is 5.29. The molecule has 2 aromatic carbocycles. The highest BCUT2D eigenvalue weighted by molar-refractivity contribution is 5.40. The monoisotopic (exact) mass is 270 g/mol. The Balaban J connectivity index is 2.28.